The number of carboxylic acids is 1. The molecule has 0 amide bonds. The molecule has 0 radical (unpaired) electrons. The van der Waals surface area contributed by atoms with Crippen LogP contribution in [0.4, 0.5) is 10.1 Å². The van der Waals surface area contributed by atoms with Gasteiger partial charge in [0.15, 0.2) is 4.90 Å². The standard InChI is InChI=1S/C10H11FN2O6S/c11-7-3-1-4-8(10(7)13(16)17)20(18,19)12-6-2-5-9(14)15/h1,3-4,12H,2,5-6H2,(H,14,15). The van der Waals surface area contributed by atoms with Gasteiger partial charge in [0.05, 0.1) is 4.92 Å². The molecule has 10 heteroatoms. The zero-order valence-corrected chi connectivity index (χ0v) is 10.9. The molecule has 0 unspecified atom stereocenters. The first-order chi connectivity index (χ1) is 9.25. The number of aliphatic carboxylic acids is 1. The van der Waals surface area contributed by atoms with Crippen molar-refractivity contribution in [2.45, 2.75) is 17.7 Å². The van der Waals surface area contributed by atoms with Crippen molar-refractivity contribution >= 4 is 21.7 Å². The number of hydrogen-bond acceptors (Lipinski definition) is 5. The van der Waals surface area contributed by atoms with Crippen molar-refractivity contribution < 1.29 is 27.6 Å². The van der Waals surface area contributed by atoms with Crippen LogP contribution in [0.15, 0.2) is 23.1 Å². The molecule has 1 aromatic carbocycles. The number of hydrogen-bond donors (Lipinski definition) is 2. The molecular weight excluding hydrogens is 295 g/mol. The van der Waals surface area contributed by atoms with E-state index in [9.17, 15) is 27.7 Å². The summed E-state index contributed by atoms with van der Waals surface area (Å²) in [5, 5.41) is 19.1. The average Bonchev–Trinajstić information content (AvgIpc) is 2.33. The van der Waals surface area contributed by atoms with Gasteiger partial charge >= 0.3 is 11.7 Å². The number of nitrogens with one attached hydrogen (secondary N) is 1. The Morgan fingerprint density at radius 2 is 2.10 bits per heavy atom. The van der Waals surface area contributed by atoms with Gasteiger partial charge in [0.2, 0.25) is 15.8 Å². The molecule has 0 saturated carbocycles. The third kappa shape index (κ3) is 3.96. The lowest BCUT2D eigenvalue weighted by Gasteiger charge is -2.07. The van der Waals surface area contributed by atoms with Crippen LogP contribution in [0.5, 0.6) is 0 Å². The van der Waals surface area contributed by atoms with E-state index in [0.717, 1.165) is 18.2 Å². The van der Waals surface area contributed by atoms with Crippen LogP contribution in [0.3, 0.4) is 0 Å². The third-order valence-corrected chi connectivity index (χ3v) is 3.77. The van der Waals surface area contributed by atoms with E-state index >= 15 is 0 Å². The Hall–Kier alpha value is -2.07. The molecule has 0 spiro atoms. The first-order valence-electron chi connectivity index (χ1n) is 5.40. The molecule has 2 N–H and O–H groups in total. The molecule has 0 aliphatic rings. The van der Waals surface area contributed by atoms with Crippen molar-refractivity contribution in [3.63, 3.8) is 0 Å². The summed E-state index contributed by atoms with van der Waals surface area (Å²) in [6, 6.07) is 2.72. The van der Waals surface area contributed by atoms with Gasteiger partial charge in [-0.15, -0.1) is 0 Å². The van der Waals surface area contributed by atoms with Gasteiger partial charge in [0.1, 0.15) is 0 Å². The van der Waals surface area contributed by atoms with Crippen molar-refractivity contribution in [3.8, 4) is 0 Å². The topological polar surface area (TPSA) is 127 Å². The lowest BCUT2D eigenvalue weighted by Crippen LogP contribution is -2.26. The summed E-state index contributed by atoms with van der Waals surface area (Å²) in [7, 11) is -4.28. The Bertz CT molecular complexity index is 631. The zero-order chi connectivity index (χ0) is 15.3. The fraction of sp³-hybridized carbons (Fsp3) is 0.300. The highest BCUT2D eigenvalue weighted by Crippen LogP contribution is 2.26. The SMILES string of the molecule is O=C(O)CCCNS(=O)(=O)c1cccc(F)c1[N+](=O)[O-]. The van der Waals surface area contributed by atoms with E-state index < -0.39 is 37.3 Å². The van der Waals surface area contributed by atoms with Gasteiger partial charge in [-0.25, -0.2) is 13.1 Å². The number of nitro groups is 1. The third-order valence-electron chi connectivity index (χ3n) is 2.28. The van der Waals surface area contributed by atoms with Gasteiger partial charge < -0.3 is 5.11 Å². The highest BCUT2D eigenvalue weighted by atomic mass is 32.2. The van der Waals surface area contributed by atoms with E-state index in [1.807, 2.05) is 4.72 Å². The maximum Gasteiger partial charge on any atom is 0.324 e. The first kappa shape index (κ1) is 16.0. The molecule has 0 fully saturated rings. The van der Waals surface area contributed by atoms with Crippen molar-refractivity contribution in [2.75, 3.05) is 6.54 Å². The second-order valence-electron chi connectivity index (χ2n) is 3.74. The minimum atomic E-state index is -4.28. The molecule has 0 aromatic heterocycles. The number of para-hydroxylation sites is 1. The predicted octanol–water partition coefficient (Wildman–Crippen LogP) is 0.877. The van der Waals surface area contributed by atoms with Crippen LogP contribution in [0.25, 0.3) is 0 Å². The zero-order valence-electron chi connectivity index (χ0n) is 10.1. The van der Waals surface area contributed by atoms with Crippen LogP contribution in [-0.4, -0.2) is 31.0 Å². The largest absolute Gasteiger partial charge is 0.481 e. The second kappa shape index (κ2) is 6.39. The maximum absolute atomic E-state index is 13.3. The number of benzene rings is 1. The highest BCUT2D eigenvalue weighted by molar-refractivity contribution is 7.89. The Balaban J connectivity index is 2.96. The van der Waals surface area contributed by atoms with Crippen molar-refractivity contribution in [3.05, 3.63) is 34.1 Å². The summed E-state index contributed by atoms with van der Waals surface area (Å²) in [6.45, 7) is -0.220. The molecule has 1 aromatic rings. The Morgan fingerprint density at radius 3 is 2.65 bits per heavy atom. The summed E-state index contributed by atoms with van der Waals surface area (Å²) in [5.41, 5.74) is -1.14. The van der Waals surface area contributed by atoms with E-state index in [2.05, 4.69) is 0 Å². The van der Waals surface area contributed by atoms with Crippen molar-refractivity contribution in [1.29, 1.82) is 0 Å². The van der Waals surface area contributed by atoms with E-state index in [1.54, 1.807) is 0 Å². The number of halogens is 1. The fourth-order valence-corrected chi connectivity index (χ4v) is 2.67. The molecule has 20 heavy (non-hydrogen) atoms. The number of sulfonamides is 1. The monoisotopic (exact) mass is 306 g/mol. The second-order valence-corrected chi connectivity index (χ2v) is 5.47. The number of nitrogens with zero attached hydrogens (tertiary/aromatic N) is 1. The van der Waals surface area contributed by atoms with E-state index in [-0.39, 0.29) is 19.4 Å². The van der Waals surface area contributed by atoms with E-state index in [4.69, 9.17) is 5.11 Å². The number of rotatable bonds is 7. The molecule has 1 rings (SSSR count). The number of carboxylic acid groups (broad SMARTS) is 1. The van der Waals surface area contributed by atoms with E-state index in [0.29, 0.717) is 0 Å². The first-order valence-corrected chi connectivity index (χ1v) is 6.88. The molecule has 0 atom stereocenters. The lowest BCUT2D eigenvalue weighted by atomic mass is 10.3. The molecule has 0 aliphatic heterocycles. The van der Waals surface area contributed by atoms with Crippen LogP contribution < -0.4 is 4.72 Å². The van der Waals surface area contributed by atoms with Crippen molar-refractivity contribution in [1.82, 2.24) is 4.72 Å². The Morgan fingerprint density at radius 1 is 1.45 bits per heavy atom. The molecule has 0 saturated heterocycles. The average molecular weight is 306 g/mol. The Kier molecular flexibility index (Phi) is 5.11. The number of carbonyl (C=O) groups is 1. The van der Waals surface area contributed by atoms with Crippen LogP contribution >= 0.6 is 0 Å². The smallest absolute Gasteiger partial charge is 0.324 e. The van der Waals surface area contributed by atoms with Gasteiger partial charge in [-0.3, -0.25) is 14.9 Å². The van der Waals surface area contributed by atoms with Gasteiger partial charge in [-0.2, -0.15) is 4.39 Å². The quantitative estimate of drug-likeness (QED) is 0.437. The summed E-state index contributed by atoms with van der Waals surface area (Å²) in [6.07, 6.45) is -0.245. The molecule has 0 aliphatic carbocycles. The van der Waals surface area contributed by atoms with Crippen LogP contribution in [0.1, 0.15) is 12.8 Å². The Labute approximate surface area is 113 Å². The minimum absolute atomic E-state index is 0.0116. The van der Waals surface area contributed by atoms with Crippen LogP contribution in [0, 0.1) is 15.9 Å². The lowest BCUT2D eigenvalue weighted by molar-refractivity contribution is -0.390. The number of nitro benzene ring substituents is 1. The molecule has 110 valence electrons. The van der Waals surface area contributed by atoms with Gasteiger partial charge in [0.25, 0.3) is 0 Å². The molecule has 0 heterocycles. The molecule has 8 nitrogen and oxygen atoms in total. The normalized spacial score (nSPS) is 11.2. The fourth-order valence-electron chi connectivity index (χ4n) is 1.41. The highest BCUT2D eigenvalue weighted by Gasteiger charge is 2.28. The molecule has 0 bridgehead atoms. The summed E-state index contributed by atoms with van der Waals surface area (Å²) in [4.78, 5) is 19.1. The minimum Gasteiger partial charge on any atom is -0.481 e. The summed E-state index contributed by atoms with van der Waals surface area (Å²) < 4.78 is 39.0. The van der Waals surface area contributed by atoms with Gasteiger partial charge in [-0.05, 0) is 18.6 Å². The predicted molar refractivity (Wildman–Crippen MR) is 65.1 cm³/mol. The molecular formula is C10H11FN2O6S. The van der Waals surface area contributed by atoms with Gasteiger partial charge in [-0.1, -0.05) is 6.07 Å². The van der Waals surface area contributed by atoms with Crippen LogP contribution in [-0.2, 0) is 14.8 Å². The summed E-state index contributed by atoms with van der Waals surface area (Å²) >= 11 is 0. The maximum atomic E-state index is 13.3. The van der Waals surface area contributed by atoms with E-state index in [1.165, 1.54) is 0 Å². The van der Waals surface area contributed by atoms with Gasteiger partial charge in [0, 0.05) is 13.0 Å². The van der Waals surface area contributed by atoms with Crippen molar-refractivity contribution in [2.24, 2.45) is 0 Å². The summed E-state index contributed by atoms with van der Waals surface area (Å²) in [5.74, 6) is -2.36. The van der Waals surface area contributed by atoms with Crippen LogP contribution in [0.2, 0.25) is 0 Å².